The molecule has 2 atom stereocenters. The summed E-state index contributed by atoms with van der Waals surface area (Å²) in [4.78, 5) is 54.7. The summed E-state index contributed by atoms with van der Waals surface area (Å²) < 4.78 is 48.3. The molecule has 13 heteroatoms. The fourth-order valence-corrected chi connectivity index (χ4v) is 5.94. The van der Waals surface area contributed by atoms with Crippen molar-refractivity contribution in [3.05, 3.63) is 106 Å². The van der Waals surface area contributed by atoms with Gasteiger partial charge in [-0.3, -0.25) is 19.2 Å². The molecule has 4 rings (SSSR count). The number of ketones is 1. The highest BCUT2D eigenvalue weighted by molar-refractivity contribution is 6.34. The number of nitrogens with zero attached hydrogens (tertiary/aromatic N) is 3. The van der Waals surface area contributed by atoms with Gasteiger partial charge in [-0.15, -0.1) is 0 Å². The highest BCUT2D eigenvalue weighted by Gasteiger charge is 2.51. The van der Waals surface area contributed by atoms with Gasteiger partial charge in [0.25, 0.3) is 11.7 Å². The molecule has 3 aromatic rings. The summed E-state index contributed by atoms with van der Waals surface area (Å²) in [5, 5.41) is 2.14. The van der Waals surface area contributed by atoms with Crippen molar-refractivity contribution in [1.82, 2.24) is 14.9 Å². The summed E-state index contributed by atoms with van der Waals surface area (Å²) in [6, 6.07) is 15.6. The first-order chi connectivity index (χ1) is 22.1. The molecule has 0 saturated heterocycles. The van der Waals surface area contributed by atoms with Crippen LogP contribution in [0.5, 0.6) is 5.75 Å². The van der Waals surface area contributed by atoms with Crippen molar-refractivity contribution >= 4 is 52.4 Å². The summed E-state index contributed by atoms with van der Waals surface area (Å²) in [6.07, 6.45) is -4.57. The second-order valence-corrected chi connectivity index (χ2v) is 12.2. The monoisotopic (exact) mass is 689 g/mol. The lowest BCUT2D eigenvalue weighted by Crippen LogP contribution is -2.64. The highest BCUT2D eigenvalue weighted by Crippen LogP contribution is 2.36. The first-order valence-electron chi connectivity index (χ1n) is 14.6. The smallest absolute Gasteiger partial charge is 0.452 e. The standard InChI is InChI=1S/C34H32Cl2F3N3O5/c1-20(2)31-33(46)42(41(22(4)44)29(32(45)34(37,38)39)15-23-9-6-5-7-10-23)30(18-40(31)21(3)43)25-11-8-12-28(16-25)47-19-24-13-26(35)17-27(36)14-24/h5-14,16-18,20,29,31H,15,19H2,1-4H3/t29?,31-/m1/s1. The SMILES string of the molecule is CC(=O)N1C=C(c2cccc(OCc3cc(Cl)cc(Cl)c3)c2)N(N(C(C)=O)C(Cc2ccccc2)C(=O)C(F)(F)F)C(=O)[C@H]1C(C)C. The van der Waals surface area contributed by atoms with Crippen LogP contribution in [0.15, 0.2) is 79.0 Å². The van der Waals surface area contributed by atoms with E-state index in [1.54, 1.807) is 68.4 Å². The Kier molecular flexibility index (Phi) is 11.0. The van der Waals surface area contributed by atoms with Gasteiger partial charge in [-0.25, -0.2) is 10.0 Å². The van der Waals surface area contributed by atoms with Crippen molar-refractivity contribution in [3.8, 4) is 5.75 Å². The van der Waals surface area contributed by atoms with Crippen LogP contribution in [0, 0.1) is 5.92 Å². The van der Waals surface area contributed by atoms with Gasteiger partial charge in [-0.2, -0.15) is 13.2 Å². The minimum absolute atomic E-state index is 0.0409. The Hall–Kier alpha value is -4.35. The number of hydrazine groups is 1. The molecule has 0 spiro atoms. The van der Waals surface area contributed by atoms with Gasteiger partial charge in [-0.05, 0) is 47.4 Å². The maximum absolute atomic E-state index is 14.3. The van der Waals surface area contributed by atoms with Crippen LogP contribution >= 0.6 is 23.2 Å². The van der Waals surface area contributed by atoms with E-state index in [0.717, 1.165) is 11.9 Å². The summed E-state index contributed by atoms with van der Waals surface area (Å²) >= 11 is 12.2. The second-order valence-electron chi connectivity index (χ2n) is 11.3. The normalized spacial score (nSPS) is 15.7. The van der Waals surface area contributed by atoms with Gasteiger partial charge in [0.05, 0.1) is 5.70 Å². The molecule has 1 unspecified atom stereocenters. The van der Waals surface area contributed by atoms with Gasteiger partial charge < -0.3 is 9.64 Å². The fraction of sp³-hybridized carbons (Fsp3) is 0.294. The van der Waals surface area contributed by atoms with E-state index in [-0.39, 0.29) is 23.6 Å². The Bertz CT molecular complexity index is 1680. The first kappa shape index (κ1) is 35.5. The lowest BCUT2D eigenvalue weighted by molar-refractivity contribution is -0.187. The topological polar surface area (TPSA) is 87.2 Å². The van der Waals surface area contributed by atoms with E-state index in [0.29, 0.717) is 26.2 Å². The zero-order chi connectivity index (χ0) is 34.6. The van der Waals surface area contributed by atoms with Crippen molar-refractivity contribution in [2.75, 3.05) is 0 Å². The molecule has 8 nitrogen and oxygen atoms in total. The minimum Gasteiger partial charge on any atom is -0.489 e. The molecule has 248 valence electrons. The molecule has 1 aliphatic heterocycles. The molecule has 0 fully saturated rings. The molecule has 47 heavy (non-hydrogen) atoms. The van der Waals surface area contributed by atoms with Crippen molar-refractivity contribution < 1.29 is 37.1 Å². The highest BCUT2D eigenvalue weighted by atomic mass is 35.5. The number of carbonyl (C=O) groups excluding carboxylic acids is 4. The van der Waals surface area contributed by atoms with Crippen molar-refractivity contribution in [2.24, 2.45) is 5.92 Å². The van der Waals surface area contributed by atoms with Gasteiger partial charge in [0.1, 0.15) is 24.4 Å². The lowest BCUT2D eigenvalue weighted by atomic mass is 9.96. The van der Waals surface area contributed by atoms with Gasteiger partial charge >= 0.3 is 6.18 Å². The predicted molar refractivity (Wildman–Crippen MR) is 171 cm³/mol. The summed E-state index contributed by atoms with van der Waals surface area (Å²) in [6.45, 7) is 5.58. The summed E-state index contributed by atoms with van der Waals surface area (Å²) in [5.41, 5.74) is 1.10. The second kappa shape index (κ2) is 14.6. The summed E-state index contributed by atoms with van der Waals surface area (Å²) in [7, 11) is 0. The van der Waals surface area contributed by atoms with E-state index < -0.39 is 54.1 Å². The maximum atomic E-state index is 14.3. The molecule has 0 saturated carbocycles. The van der Waals surface area contributed by atoms with Crippen molar-refractivity contribution in [3.63, 3.8) is 0 Å². The average molecular weight is 691 g/mol. The molecule has 0 N–H and O–H groups in total. The number of hydrogen-bond acceptors (Lipinski definition) is 5. The van der Waals surface area contributed by atoms with Crippen LogP contribution < -0.4 is 4.74 Å². The number of halogens is 5. The number of hydrogen-bond donors (Lipinski definition) is 0. The molecule has 1 aliphatic rings. The van der Waals surface area contributed by atoms with Gasteiger partial charge in [0, 0.05) is 42.1 Å². The number of rotatable bonds is 10. The van der Waals surface area contributed by atoms with E-state index in [2.05, 4.69) is 0 Å². The van der Waals surface area contributed by atoms with E-state index in [4.69, 9.17) is 27.9 Å². The largest absolute Gasteiger partial charge is 0.489 e. The van der Waals surface area contributed by atoms with Gasteiger partial charge in [0.2, 0.25) is 11.8 Å². The Morgan fingerprint density at radius 3 is 2.11 bits per heavy atom. The van der Waals surface area contributed by atoms with Crippen LogP contribution in [0.1, 0.15) is 44.4 Å². The number of carbonyl (C=O) groups is 4. The maximum Gasteiger partial charge on any atom is 0.452 e. The lowest BCUT2D eigenvalue weighted by Gasteiger charge is -2.46. The minimum atomic E-state index is -5.34. The van der Waals surface area contributed by atoms with Crippen molar-refractivity contribution in [2.45, 2.75) is 59.0 Å². The van der Waals surface area contributed by atoms with E-state index in [1.165, 1.54) is 36.2 Å². The number of amides is 3. The number of benzene rings is 3. The van der Waals surface area contributed by atoms with Crippen molar-refractivity contribution in [1.29, 1.82) is 0 Å². The van der Waals surface area contributed by atoms with Gasteiger partial charge in [0.15, 0.2) is 0 Å². The Balaban J connectivity index is 1.87. The third-order valence-corrected chi connectivity index (χ3v) is 7.83. The zero-order valence-electron chi connectivity index (χ0n) is 25.9. The summed E-state index contributed by atoms with van der Waals surface area (Å²) in [5.74, 6) is -4.82. The molecule has 0 aliphatic carbocycles. The Morgan fingerprint density at radius 1 is 0.915 bits per heavy atom. The molecule has 3 aromatic carbocycles. The Morgan fingerprint density at radius 2 is 1.55 bits per heavy atom. The third-order valence-electron chi connectivity index (χ3n) is 7.39. The van der Waals surface area contributed by atoms with Crippen LogP contribution in [0.4, 0.5) is 13.2 Å². The van der Waals surface area contributed by atoms with E-state index >= 15 is 0 Å². The van der Waals surface area contributed by atoms with E-state index in [9.17, 15) is 32.3 Å². The zero-order valence-corrected chi connectivity index (χ0v) is 27.4. The number of Topliss-reactive ketones (excluding diaryl/α,β-unsaturated/α-hetero) is 1. The molecular weight excluding hydrogens is 658 g/mol. The van der Waals surface area contributed by atoms with E-state index in [1.807, 2.05) is 0 Å². The molecule has 0 bridgehead atoms. The van der Waals surface area contributed by atoms with Crippen LogP contribution in [0.25, 0.3) is 5.70 Å². The third kappa shape index (κ3) is 8.33. The van der Waals surface area contributed by atoms with Crippen LogP contribution in [0.2, 0.25) is 10.0 Å². The first-order valence-corrected chi connectivity index (χ1v) is 15.3. The molecular formula is C34H32Cl2F3N3O5. The van der Waals surface area contributed by atoms with Crippen LogP contribution in [-0.2, 0) is 32.2 Å². The van der Waals surface area contributed by atoms with Crippen LogP contribution in [0.3, 0.4) is 0 Å². The quantitative estimate of drug-likeness (QED) is 0.227. The van der Waals surface area contributed by atoms with Crippen LogP contribution in [-0.4, -0.2) is 56.7 Å². The number of alkyl halides is 3. The predicted octanol–water partition coefficient (Wildman–Crippen LogP) is 7.09. The molecule has 0 aromatic heterocycles. The average Bonchev–Trinajstić information content (AvgIpc) is 2.99. The fourth-order valence-electron chi connectivity index (χ4n) is 5.36. The molecule has 0 radical (unpaired) electrons. The Labute approximate surface area is 280 Å². The molecule has 1 heterocycles. The molecule has 3 amide bonds. The van der Waals surface area contributed by atoms with Gasteiger partial charge in [-0.1, -0.05) is 79.5 Å². The number of ether oxygens (including phenoxy) is 1.